The van der Waals surface area contributed by atoms with Crippen molar-refractivity contribution in [3.05, 3.63) is 54.6 Å². The summed E-state index contributed by atoms with van der Waals surface area (Å²) in [7, 11) is 0. The molecule has 2 fully saturated rings. The van der Waals surface area contributed by atoms with Gasteiger partial charge in [0, 0.05) is 64.5 Å². The molecule has 10 nitrogen and oxygen atoms in total. The van der Waals surface area contributed by atoms with Crippen LogP contribution in [0.2, 0.25) is 0 Å². The second-order valence-electron chi connectivity index (χ2n) is 10.7. The smallest absolute Gasteiger partial charge is 0.411 e. The van der Waals surface area contributed by atoms with Crippen LogP contribution in [0.4, 0.5) is 15.3 Å². The molecule has 0 atom stereocenters. The first kappa shape index (κ1) is 30.8. The molecule has 2 aliphatic heterocycles. The third kappa shape index (κ3) is 9.43. The predicted octanol–water partition coefficient (Wildman–Crippen LogP) is 3.17. The first-order valence-corrected chi connectivity index (χ1v) is 14.9. The lowest BCUT2D eigenvalue weighted by Crippen LogP contribution is -2.40. The molecule has 2 saturated heterocycles. The minimum Gasteiger partial charge on any atom is -0.446 e. The lowest BCUT2D eigenvalue weighted by atomic mass is 10.0. The standard InChI is InChI=1S/C31H45N5O5/c37-24-22-34(23-25-38)15-7-17-36-21-20-35(31(36)40)16-6-14-33-18-12-27(13-19-33)41-30(39)32-29-11-5-4-10-28(29)26-8-2-1-3-9-26/h1-5,8-11,27,37-38H,6-7,12-25H2,(H,32,39). The highest BCUT2D eigenvalue weighted by Crippen LogP contribution is 2.28. The van der Waals surface area contributed by atoms with Crippen LogP contribution in [0, 0.1) is 0 Å². The highest BCUT2D eigenvalue weighted by atomic mass is 16.6. The zero-order chi connectivity index (χ0) is 28.9. The molecule has 0 bridgehead atoms. The van der Waals surface area contributed by atoms with Gasteiger partial charge in [-0.2, -0.15) is 0 Å². The fourth-order valence-corrected chi connectivity index (χ4v) is 5.64. The van der Waals surface area contributed by atoms with Gasteiger partial charge in [-0.1, -0.05) is 48.5 Å². The number of urea groups is 1. The normalized spacial score (nSPS) is 16.5. The number of para-hydroxylation sites is 1. The van der Waals surface area contributed by atoms with E-state index in [4.69, 9.17) is 14.9 Å². The molecular weight excluding hydrogens is 522 g/mol. The fourth-order valence-electron chi connectivity index (χ4n) is 5.64. The summed E-state index contributed by atoms with van der Waals surface area (Å²) in [5.74, 6) is 0. The van der Waals surface area contributed by atoms with Crippen LogP contribution in [0.25, 0.3) is 11.1 Å². The van der Waals surface area contributed by atoms with Crippen molar-refractivity contribution in [3.8, 4) is 11.1 Å². The molecule has 3 amide bonds. The third-order valence-corrected chi connectivity index (χ3v) is 7.87. The lowest BCUT2D eigenvalue weighted by molar-refractivity contribution is 0.0581. The number of hydrogen-bond donors (Lipinski definition) is 3. The van der Waals surface area contributed by atoms with E-state index in [-0.39, 0.29) is 25.3 Å². The Balaban J connectivity index is 1.11. The number of nitrogens with zero attached hydrogens (tertiary/aromatic N) is 4. The number of anilines is 1. The van der Waals surface area contributed by atoms with E-state index in [0.717, 1.165) is 88.3 Å². The molecule has 0 saturated carbocycles. The maximum Gasteiger partial charge on any atom is 0.411 e. The quantitative estimate of drug-likeness (QED) is 0.303. The molecular formula is C31H45N5O5. The van der Waals surface area contributed by atoms with Gasteiger partial charge in [0.25, 0.3) is 0 Å². The Hall–Kier alpha value is -3.18. The van der Waals surface area contributed by atoms with Crippen molar-refractivity contribution >= 4 is 17.8 Å². The molecule has 224 valence electrons. The number of aliphatic hydroxyl groups excluding tert-OH is 2. The average Bonchev–Trinajstić information content (AvgIpc) is 3.33. The van der Waals surface area contributed by atoms with Gasteiger partial charge in [-0.25, -0.2) is 9.59 Å². The van der Waals surface area contributed by atoms with E-state index in [2.05, 4.69) is 10.2 Å². The number of nitrogens with one attached hydrogen (secondary N) is 1. The second-order valence-corrected chi connectivity index (χ2v) is 10.7. The summed E-state index contributed by atoms with van der Waals surface area (Å²) in [6, 6.07) is 17.8. The van der Waals surface area contributed by atoms with Gasteiger partial charge in [0.2, 0.25) is 0 Å². The molecule has 2 heterocycles. The summed E-state index contributed by atoms with van der Waals surface area (Å²) < 4.78 is 5.76. The number of piperidine rings is 1. The molecule has 2 aliphatic rings. The Kier molecular flexibility index (Phi) is 12.2. The van der Waals surface area contributed by atoms with Crippen LogP contribution in [-0.4, -0.2) is 127 Å². The van der Waals surface area contributed by atoms with E-state index in [0.29, 0.717) is 19.6 Å². The molecule has 0 aliphatic carbocycles. The molecule has 0 aromatic heterocycles. The molecule has 2 aromatic rings. The van der Waals surface area contributed by atoms with E-state index in [9.17, 15) is 9.59 Å². The van der Waals surface area contributed by atoms with Crippen LogP contribution in [-0.2, 0) is 4.74 Å². The van der Waals surface area contributed by atoms with E-state index in [1.807, 2.05) is 69.3 Å². The van der Waals surface area contributed by atoms with Gasteiger partial charge in [0.1, 0.15) is 6.10 Å². The maximum atomic E-state index is 12.8. The SMILES string of the molecule is O=C(Nc1ccccc1-c1ccccc1)OC1CCN(CCCN2CCN(CCCN(CCO)CCO)C2=O)CC1. The Bertz CT molecular complexity index is 1070. The monoisotopic (exact) mass is 567 g/mol. The number of ether oxygens (including phenoxy) is 1. The summed E-state index contributed by atoms with van der Waals surface area (Å²) in [5, 5.41) is 21.2. The summed E-state index contributed by atoms with van der Waals surface area (Å²) in [4.78, 5) is 33.7. The number of aliphatic hydroxyl groups is 2. The van der Waals surface area contributed by atoms with Crippen LogP contribution >= 0.6 is 0 Å². The van der Waals surface area contributed by atoms with Crippen molar-refractivity contribution in [2.75, 3.05) is 84.0 Å². The predicted molar refractivity (Wildman–Crippen MR) is 160 cm³/mol. The van der Waals surface area contributed by atoms with Gasteiger partial charge in [0.15, 0.2) is 0 Å². The molecule has 10 heteroatoms. The van der Waals surface area contributed by atoms with Crippen molar-refractivity contribution in [3.63, 3.8) is 0 Å². The summed E-state index contributed by atoms with van der Waals surface area (Å²) in [6.07, 6.45) is 2.83. The number of likely N-dealkylation sites (tertiary alicyclic amines) is 1. The Morgan fingerprint density at radius 1 is 0.829 bits per heavy atom. The lowest BCUT2D eigenvalue weighted by Gasteiger charge is -2.32. The minimum absolute atomic E-state index is 0.0701. The number of hydrogen-bond acceptors (Lipinski definition) is 7. The number of carbonyl (C=O) groups is 2. The minimum atomic E-state index is -0.418. The number of benzene rings is 2. The van der Waals surface area contributed by atoms with Crippen LogP contribution < -0.4 is 5.32 Å². The summed E-state index contributed by atoms with van der Waals surface area (Å²) in [6.45, 7) is 7.60. The van der Waals surface area contributed by atoms with E-state index in [1.54, 1.807) is 0 Å². The van der Waals surface area contributed by atoms with Gasteiger partial charge in [-0.15, -0.1) is 0 Å². The number of rotatable bonds is 15. The zero-order valence-corrected chi connectivity index (χ0v) is 24.0. The second kappa shape index (κ2) is 16.3. The molecule has 2 aromatic carbocycles. The van der Waals surface area contributed by atoms with E-state index < -0.39 is 6.09 Å². The van der Waals surface area contributed by atoms with Crippen LogP contribution in [0.15, 0.2) is 54.6 Å². The molecule has 4 rings (SSSR count). The average molecular weight is 568 g/mol. The van der Waals surface area contributed by atoms with Gasteiger partial charge in [0.05, 0.1) is 18.9 Å². The first-order valence-electron chi connectivity index (χ1n) is 14.9. The first-order chi connectivity index (χ1) is 20.1. The molecule has 0 unspecified atom stereocenters. The summed E-state index contributed by atoms with van der Waals surface area (Å²) in [5.41, 5.74) is 2.74. The van der Waals surface area contributed by atoms with Gasteiger partial charge >= 0.3 is 12.1 Å². The Morgan fingerprint density at radius 3 is 2.15 bits per heavy atom. The molecule has 41 heavy (non-hydrogen) atoms. The van der Waals surface area contributed by atoms with Gasteiger partial charge in [-0.3, -0.25) is 10.2 Å². The molecule has 0 radical (unpaired) electrons. The summed E-state index contributed by atoms with van der Waals surface area (Å²) >= 11 is 0. The van der Waals surface area contributed by atoms with Gasteiger partial charge in [-0.05, 0) is 43.9 Å². The Labute approximate surface area is 243 Å². The van der Waals surface area contributed by atoms with Crippen molar-refractivity contribution in [2.24, 2.45) is 0 Å². The number of carbonyl (C=O) groups excluding carboxylic acids is 2. The van der Waals surface area contributed by atoms with Gasteiger partial charge < -0.3 is 29.6 Å². The van der Waals surface area contributed by atoms with Crippen LogP contribution in [0.1, 0.15) is 25.7 Å². The van der Waals surface area contributed by atoms with E-state index >= 15 is 0 Å². The third-order valence-electron chi connectivity index (χ3n) is 7.87. The van der Waals surface area contributed by atoms with Crippen LogP contribution in [0.5, 0.6) is 0 Å². The fraction of sp³-hybridized carbons (Fsp3) is 0.548. The zero-order valence-electron chi connectivity index (χ0n) is 24.0. The van der Waals surface area contributed by atoms with Crippen molar-refractivity contribution in [1.29, 1.82) is 0 Å². The van der Waals surface area contributed by atoms with Crippen molar-refractivity contribution < 1.29 is 24.5 Å². The highest BCUT2D eigenvalue weighted by molar-refractivity contribution is 5.91. The topological polar surface area (TPSA) is 109 Å². The number of amides is 3. The molecule has 0 spiro atoms. The maximum absolute atomic E-state index is 12.8. The molecule has 3 N–H and O–H groups in total. The largest absolute Gasteiger partial charge is 0.446 e. The Morgan fingerprint density at radius 2 is 1.46 bits per heavy atom. The van der Waals surface area contributed by atoms with Crippen molar-refractivity contribution in [2.45, 2.75) is 31.8 Å². The highest BCUT2D eigenvalue weighted by Gasteiger charge is 2.28. The van der Waals surface area contributed by atoms with Crippen LogP contribution in [0.3, 0.4) is 0 Å². The van der Waals surface area contributed by atoms with E-state index in [1.165, 1.54) is 0 Å². The van der Waals surface area contributed by atoms with Crippen molar-refractivity contribution in [1.82, 2.24) is 19.6 Å².